The molecule has 1 N–H and O–H groups in total. The molecule has 0 radical (unpaired) electrons. The lowest BCUT2D eigenvalue weighted by molar-refractivity contribution is 0.0702. The molecule has 1 aromatic heterocycles. The molecule has 3 rings (SSSR count). The summed E-state index contributed by atoms with van der Waals surface area (Å²) in [4.78, 5) is 16.2. The average molecular weight is 307 g/mol. The van der Waals surface area contributed by atoms with Crippen molar-refractivity contribution in [1.29, 1.82) is 0 Å². The van der Waals surface area contributed by atoms with Crippen molar-refractivity contribution in [3.05, 3.63) is 40.2 Å². The summed E-state index contributed by atoms with van der Waals surface area (Å²) in [5.41, 5.74) is 1.37. The Balaban J connectivity index is 2.00. The Labute approximate surface area is 124 Å². The maximum atomic E-state index is 11.4. The number of rotatable bonds is 3. The van der Waals surface area contributed by atoms with Crippen LogP contribution in [0.2, 0.25) is 0 Å². The minimum Gasteiger partial charge on any atom is -0.477 e. The van der Waals surface area contributed by atoms with Crippen LogP contribution in [-0.4, -0.2) is 34.2 Å². The average Bonchev–Trinajstić information content (AvgIpc) is 2.94. The summed E-state index contributed by atoms with van der Waals surface area (Å²) >= 11 is 3.03. The first-order valence-corrected chi connectivity index (χ1v) is 8.21. The fourth-order valence-corrected chi connectivity index (χ4v) is 3.97. The van der Waals surface area contributed by atoms with Gasteiger partial charge in [-0.15, -0.1) is 11.3 Å². The standard InChI is InChI=1S/C14H13NO3S2/c16-14(17)12-11(9-4-2-1-3-5-9)15-13(20-12)10-8-19-7-6-18-10/h1-5,10H,6-8H2,(H,16,17). The molecule has 1 aliphatic heterocycles. The van der Waals surface area contributed by atoms with Gasteiger partial charge < -0.3 is 9.84 Å². The number of carboxylic acid groups (broad SMARTS) is 1. The highest BCUT2D eigenvalue weighted by Crippen LogP contribution is 2.35. The quantitative estimate of drug-likeness (QED) is 0.942. The number of hydrogen-bond donors (Lipinski definition) is 1. The molecule has 1 atom stereocenters. The van der Waals surface area contributed by atoms with Crippen LogP contribution in [0.5, 0.6) is 0 Å². The number of benzene rings is 1. The third kappa shape index (κ3) is 2.72. The monoisotopic (exact) mass is 307 g/mol. The highest BCUT2D eigenvalue weighted by Gasteiger charge is 2.25. The van der Waals surface area contributed by atoms with Crippen molar-refractivity contribution >= 4 is 29.1 Å². The summed E-state index contributed by atoms with van der Waals surface area (Å²) in [6.45, 7) is 0.692. The van der Waals surface area contributed by atoms with Gasteiger partial charge in [0.2, 0.25) is 0 Å². The third-order valence-corrected chi connectivity index (χ3v) is 5.11. The molecule has 1 fully saturated rings. The number of ether oxygens (including phenoxy) is 1. The van der Waals surface area contributed by atoms with E-state index in [9.17, 15) is 9.90 Å². The molecule has 0 spiro atoms. The van der Waals surface area contributed by atoms with Crippen LogP contribution in [0.3, 0.4) is 0 Å². The van der Waals surface area contributed by atoms with Crippen LogP contribution >= 0.6 is 23.1 Å². The predicted octanol–water partition coefficient (Wildman–Crippen LogP) is 3.31. The normalized spacial score (nSPS) is 18.9. The first kappa shape index (κ1) is 13.6. The third-order valence-electron chi connectivity index (χ3n) is 2.98. The Morgan fingerprint density at radius 1 is 1.35 bits per heavy atom. The molecule has 104 valence electrons. The second-order valence-electron chi connectivity index (χ2n) is 4.34. The molecule has 1 saturated heterocycles. The zero-order chi connectivity index (χ0) is 13.9. The van der Waals surface area contributed by atoms with Crippen molar-refractivity contribution in [2.75, 3.05) is 18.1 Å². The molecule has 0 saturated carbocycles. The van der Waals surface area contributed by atoms with Gasteiger partial charge in [-0.2, -0.15) is 11.8 Å². The smallest absolute Gasteiger partial charge is 0.348 e. The molecule has 0 bridgehead atoms. The molecule has 2 aromatic rings. The van der Waals surface area contributed by atoms with E-state index in [1.54, 1.807) is 0 Å². The van der Waals surface area contributed by atoms with Gasteiger partial charge in [0.1, 0.15) is 16.0 Å². The molecule has 0 amide bonds. The van der Waals surface area contributed by atoms with Crippen molar-refractivity contribution in [2.45, 2.75) is 6.10 Å². The van der Waals surface area contributed by atoms with Gasteiger partial charge in [-0.05, 0) is 0 Å². The molecule has 4 nitrogen and oxygen atoms in total. The van der Waals surface area contributed by atoms with E-state index >= 15 is 0 Å². The SMILES string of the molecule is O=C(O)c1sc(C2CSCCO2)nc1-c1ccccc1. The minimum atomic E-state index is -0.934. The van der Waals surface area contributed by atoms with Crippen molar-refractivity contribution < 1.29 is 14.6 Å². The van der Waals surface area contributed by atoms with E-state index in [-0.39, 0.29) is 11.0 Å². The molecule has 6 heteroatoms. The van der Waals surface area contributed by atoms with Crippen LogP contribution in [0.25, 0.3) is 11.3 Å². The molecule has 1 unspecified atom stereocenters. The number of carboxylic acids is 1. The fraction of sp³-hybridized carbons (Fsp3) is 0.286. The highest BCUT2D eigenvalue weighted by atomic mass is 32.2. The second-order valence-corrected chi connectivity index (χ2v) is 6.52. The largest absolute Gasteiger partial charge is 0.477 e. The minimum absolute atomic E-state index is 0.0886. The summed E-state index contributed by atoms with van der Waals surface area (Å²) < 4.78 is 5.68. The summed E-state index contributed by atoms with van der Waals surface area (Å²) in [7, 11) is 0. The van der Waals surface area contributed by atoms with E-state index in [0.29, 0.717) is 12.3 Å². The van der Waals surface area contributed by atoms with E-state index in [0.717, 1.165) is 22.1 Å². The number of hydrogen-bond acceptors (Lipinski definition) is 5. The predicted molar refractivity (Wildman–Crippen MR) is 80.5 cm³/mol. The van der Waals surface area contributed by atoms with Crippen LogP contribution in [0.4, 0.5) is 0 Å². The van der Waals surface area contributed by atoms with Crippen molar-refractivity contribution in [3.8, 4) is 11.3 Å². The van der Waals surface area contributed by atoms with Crippen molar-refractivity contribution in [1.82, 2.24) is 4.98 Å². The van der Waals surface area contributed by atoms with Gasteiger partial charge in [0.25, 0.3) is 0 Å². The number of thioether (sulfide) groups is 1. The molecule has 0 aliphatic carbocycles. The van der Waals surface area contributed by atoms with Crippen molar-refractivity contribution in [2.24, 2.45) is 0 Å². The zero-order valence-electron chi connectivity index (χ0n) is 10.6. The zero-order valence-corrected chi connectivity index (χ0v) is 12.2. The van der Waals surface area contributed by atoms with Gasteiger partial charge >= 0.3 is 5.97 Å². The van der Waals surface area contributed by atoms with Gasteiger partial charge in [0.05, 0.1) is 12.3 Å². The van der Waals surface area contributed by atoms with Gasteiger partial charge in [0.15, 0.2) is 0 Å². The summed E-state index contributed by atoms with van der Waals surface area (Å²) in [6.07, 6.45) is -0.0886. The molecule has 1 aliphatic rings. The number of nitrogens with zero attached hydrogens (tertiary/aromatic N) is 1. The Bertz CT molecular complexity index is 606. The first-order chi connectivity index (χ1) is 9.75. The number of aromatic nitrogens is 1. The maximum Gasteiger partial charge on any atom is 0.348 e. The first-order valence-electron chi connectivity index (χ1n) is 6.24. The van der Waals surface area contributed by atoms with E-state index in [2.05, 4.69) is 4.98 Å². The lowest BCUT2D eigenvalue weighted by Gasteiger charge is -2.19. The number of carbonyl (C=O) groups is 1. The molecular weight excluding hydrogens is 294 g/mol. The Morgan fingerprint density at radius 2 is 2.15 bits per heavy atom. The van der Waals surface area contributed by atoms with Gasteiger partial charge in [-0.1, -0.05) is 30.3 Å². The topological polar surface area (TPSA) is 59.4 Å². The summed E-state index contributed by atoms with van der Waals surface area (Å²) in [5.74, 6) is 0.885. The van der Waals surface area contributed by atoms with Gasteiger partial charge in [-0.25, -0.2) is 9.78 Å². The number of thiazole rings is 1. The van der Waals surface area contributed by atoms with Crippen LogP contribution in [0, 0.1) is 0 Å². The van der Waals surface area contributed by atoms with Crippen LogP contribution in [0.15, 0.2) is 30.3 Å². The van der Waals surface area contributed by atoms with E-state index in [4.69, 9.17) is 4.74 Å². The fourth-order valence-electron chi connectivity index (χ4n) is 2.04. The van der Waals surface area contributed by atoms with Crippen molar-refractivity contribution in [3.63, 3.8) is 0 Å². The molecular formula is C14H13NO3S2. The van der Waals surface area contributed by atoms with E-state index in [1.807, 2.05) is 42.1 Å². The van der Waals surface area contributed by atoms with E-state index in [1.165, 1.54) is 11.3 Å². The Hall–Kier alpha value is -1.37. The summed E-state index contributed by atoms with van der Waals surface area (Å²) in [6, 6.07) is 9.42. The van der Waals surface area contributed by atoms with E-state index < -0.39 is 5.97 Å². The lowest BCUT2D eigenvalue weighted by Crippen LogP contribution is -2.15. The second kappa shape index (κ2) is 5.95. The van der Waals surface area contributed by atoms with Gasteiger partial charge in [-0.3, -0.25) is 0 Å². The highest BCUT2D eigenvalue weighted by molar-refractivity contribution is 7.99. The lowest BCUT2D eigenvalue weighted by atomic mass is 10.1. The van der Waals surface area contributed by atoms with Gasteiger partial charge in [0, 0.05) is 17.1 Å². The molecule has 2 heterocycles. The maximum absolute atomic E-state index is 11.4. The van der Waals surface area contributed by atoms with Crippen LogP contribution < -0.4 is 0 Å². The Morgan fingerprint density at radius 3 is 2.80 bits per heavy atom. The molecule has 1 aromatic carbocycles. The number of aromatic carboxylic acids is 1. The van der Waals surface area contributed by atoms with Crippen LogP contribution in [0.1, 0.15) is 20.8 Å². The van der Waals surface area contributed by atoms with Crippen LogP contribution in [-0.2, 0) is 4.74 Å². The Kier molecular flexibility index (Phi) is 4.05. The summed E-state index contributed by atoms with van der Waals surface area (Å²) in [5, 5.41) is 10.1. The molecule has 20 heavy (non-hydrogen) atoms.